The van der Waals surface area contributed by atoms with Gasteiger partial charge in [0.05, 0.1) is 17.8 Å². The van der Waals surface area contributed by atoms with Crippen LogP contribution in [0.1, 0.15) is 13.3 Å². The van der Waals surface area contributed by atoms with Gasteiger partial charge in [0.1, 0.15) is 0 Å². The van der Waals surface area contributed by atoms with E-state index in [1.807, 2.05) is 7.05 Å². The second kappa shape index (κ2) is 7.28. The number of carboxylic acids is 1. The molecule has 4 nitrogen and oxygen atoms in total. The Morgan fingerprint density at radius 1 is 1.12 bits per heavy atom. The van der Waals surface area contributed by atoms with Gasteiger partial charge in [-0.15, -0.1) is 0 Å². The van der Waals surface area contributed by atoms with E-state index >= 15 is 0 Å². The normalized spacial score (nSPS) is 14.2. The molecule has 3 rings (SSSR count). The van der Waals surface area contributed by atoms with E-state index in [2.05, 4.69) is 65.3 Å². The summed E-state index contributed by atoms with van der Waals surface area (Å²) in [6.07, 6.45) is 0.171. The van der Waals surface area contributed by atoms with E-state index in [0.717, 1.165) is 6.54 Å². The van der Waals surface area contributed by atoms with Crippen LogP contribution < -0.4 is 4.90 Å². The Hall–Kier alpha value is -1.98. The molecule has 1 unspecified atom stereocenters. The topological polar surface area (TPSA) is 43.8 Å². The summed E-state index contributed by atoms with van der Waals surface area (Å²) in [5, 5.41) is 8.89. The highest BCUT2D eigenvalue weighted by Crippen LogP contribution is 2.47. The number of anilines is 2. The fraction of sp³-hybridized carbons (Fsp3) is 0.316. The molecule has 0 bridgehead atoms. The van der Waals surface area contributed by atoms with Crippen molar-refractivity contribution in [2.24, 2.45) is 0 Å². The molecule has 0 spiro atoms. The zero-order valence-corrected chi connectivity index (χ0v) is 14.8. The number of carboxylic acid groups (broad SMARTS) is 1. The smallest absolute Gasteiger partial charge is 0.304 e. The van der Waals surface area contributed by atoms with E-state index in [0.29, 0.717) is 6.54 Å². The number of hydrogen-bond donors (Lipinski definition) is 1. The third-order valence-electron chi connectivity index (χ3n) is 4.41. The Balaban J connectivity index is 1.83. The predicted octanol–water partition coefficient (Wildman–Crippen LogP) is 4.08. The van der Waals surface area contributed by atoms with Gasteiger partial charge in [-0.3, -0.25) is 4.79 Å². The van der Waals surface area contributed by atoms with Gasteiger partial charge in [0, 0.05) is 28.9 Å². The highest BCUT2D eigenvalue weighted by atomic mass is 32.2. The summed E-state index contributed by atoms with van der Waals surface area (Å²) in [5.41, 5.74) is 2.44. The lowest BCUT2D eigenvalue weighted by Crippen LogP contribution is -2.40. The number of rotatable bonds is 6. The first-order chi connectivity index (χ1) is 11.6. The van der Waals surface area contributed by atoms with E-state index in [1.165, 1.54) is 21.2 Å². The van der Waals surface area contributed by atoms with Gasteiger partial charge in [0.2, 0.25) is 0 Å². The molecule has 2 aromatic rings. The molecule has 2 aromatic carbocycles. The lowest BCUT2D eigenvalue weighted by atomic mass is 10.1. The van der Waals surface area contributed by atoms with Crippen LogP contribution in [0.2, 0.25) is 0 Å². The molecule has 0 saturated heterocycles. The molecule has 0 radical (unpaired) electrons. The van der Waals surface area contributed by atoms with Crippen LogP contribution in [0, 0.1) is 0 Å². The summed E-state index contributed by atoms with van der Waals surface area (Å²) in [6.45, 7) is 3.53. The van der Waals surface area contributed by atoms with Gasteiger partial charge in [-0.1, -0.05) is 36.0 Å². The maximum atomic E-state index is 10.8. The Labute approximate surface area is 147 Å². The van der Waals surface area contributed by atoms with Gasteiger partial charge >= 0.3 is 5.97 Å². The predicted molar refractivity (Wildman–Crippen MR) is 98.4 cm³/mol. The van der Waals surface area contributed by atoms with Crippen molar-refractivity contribution in [2.45, 2.75) is 29.2 Å². The van der Waals surface area contributed by atoms with Crippen LogP contribution in [-0.2, 0) is 4.79 Å². The minimum Gasteiger partial charge on any atom is -0.481 e. The van der Waals surface area contributed by atoms with E-state index in [4.69, 9.17) is 5.11 Å². The van der Waals surface area contributed by atoms with Gasteiger partial charge < -0.3 is 14.9 Å². The van der Waals surface area contributed by atoms with Crippen LogP contribution >= 0.6 is 11.8 Å². The number of likely N-dealkylation sites (N-methyl/N-ethyl adjacent to an activating group) is 1. The summed E-state index contributed by atoms with van der Waals surface area (Å²) in [4.78, 5) is 17.8. The maximum Gasteiger partial charge on any atom is 0.304 e. The lowest BCUT2D eigenvalue weighted by Gasteiger charge is -2.36. The first kappa shape index (κ1) is 16.9. The van der Waals surface area contributed by atoms with Crippen molar-refractivity contribution < 1.29 is 9.90 Å². The number of hydrogen-bond acceptors (Lipinski definition) is 4. The molecule has 0 fully saturated rings. The first-order valence-electron chi connectivity index (χ1n) is 8.11. The van der Waals surface area contributed by atoms with E-state index < -0.39 is 5.97 Å². The Kier molecular flexibility index (Phi) is 5.11. The molecule has 1 N–H and O–H groups in total. The minimum absolute atomic E-state index is 0.171. The molecule has 0 aromatic heterocycles. The number of benzene rings is 2. The van der Waals surface area contributed by atoms with Gasteiger partial charge in [0.15, 0.2) is 0 Å². The Morgan fingerprint density at radius 2 is 1.67 bits per heavy atom. The Bertz CT molecular complexity index is 689. The van der Waals surface area contributed by atoms with Crippen LogP contribution in [0.15, 0.2) is 58.3 Å². The summed E-state index contributed by atoms with van der Waals surface area (Å²) in [5.74, 6) is -0.751. The summed E-state index contributed by atoms with van der Waals surface area (Å²) < 4.78 is 0. The largest absolute Gasteiger partial charge is 0.481 e. The molecule has 0 amide bonds. The average Bonchev–Trinajstić information content (AvgIpc) is 2.59. The van der Waals surface area contributed by atoms with Gasteiger partial charge in [-0.25, -0.2) is 0 Å². The van der Waals surface area contributed by atoms with Crippen LogP contribution in [0.4, 0.5) is 11.4 Å². The summed E-state index contributed by atoms with van der Waals surface area (Å²) >= 11 is 1.80. The zero-order chi connectivity index (χ0) is 17.1. The minimum atomic E-state index is -0.751. The highest BCUT2D eigenvalue weighted by molar-refractivity contribution is 7.99. The second-order valence-corrected chi connectivity index (χ2v) is 7.21. The molecule has 5 heteroatoms. The molecule has 126 valence electrons. The molecule has 1 aliphatic heterocycles. The third-order valence-corrected chi connectivity index (χ3v) is 5.54. The fourth-order valence-electron chi connectivity index (χ4n) is 2.87. The summed E-state index contributed by atoms with van der Waals surface area (Å²) in [6, 6.07) is 17.1. The monoisotopic (exact) mass is 342 g/mol. The van der Waals surface area contributed by atoms with Crippen molar-refractivity contribution in [3.05, 3.63) is 48.5 Å². The standard InChI is InChI=1S/C19H22N2O2S/c1-14(20(2)12-11-19(22)23)13-21-15-7-3-5-9-17(15)24-18-10-6-4-8-16(18)21/h3-10,14H,11-13H2,1-2H3,(H,22,23). The number of aliphatic carboxylic acids is 1. The summed E-state index contributed by atoms with van der Waals surface area (Å²) in [7, 11) is 1.99. The van der Waals surface area contributed by atoms with Crippen molar-refractivity contribution in [3.8, 4) is 0 Å². The fourth-order valence-corrected chi connectivity index (χ4v) is 3.97. The molecule has 0 aliphatic carbocycles. The highest BCUT2D eigenvalue weighted by Gasteiger charge is 2.25. The molecule has 1 atom stereocenters. The van der Waals surface area contributed by atoms with Crippen molar-refractivity contribution in [2.75, 3.05) is 25.0 Å². The SMILES string of the molecule is CC(CN1c2ccccc2Sc2ccccc21)N(C)CCC(=O)O. The third kappa shape index (κ3) is 3.57. The van der Waals surface area contributed by atoms with Crippen LogP contribution in [0.5, 0.6) is 0 Å². The van der Waals surface area contributed by atoms with Crippen molar-refractivity contribution in [1.29, 1.82) is 0 Å². The average molecular weight is 342 g/mol. The van der Waals surface area contributed by atoms with Crippen LogP contribution in [0.3, 0.4) is 0 Å². The van der Waals surface area contributed by atoms with Gasteiger partial charge in [-0.05, 0) is 38.2 Å². The van der Waals surface area contributed by atoms with E-state index in [-0.39, 0.29) is 12.5 Å². The maximum absolute atomic E-state index is 10.8. The quantitative estimate of drug-likeness (QED) is 0.857. The zero-order valence-electron chi connectivity index (χ0n) is 14.0. The van der Waals surface area contributed by atoms with Crippen LogP contribution in [-0.4, -0.2) is 42.2 Å². The molecule has 1 aliphatic rings. The molecular weight excluding hydrogens is 320 g/mol. The Morgan fingerprint density at radius 3 is 2.21 bits per heavy atom. The van der Waals surface area contributed by atoms with Crippen molar-refractivity contribution in [1.82, 2.24) is 4.90 Å². The first-order valence-corrected chi connectivity index (χ1v) is 8.93. The number of nitrogens with zero attached hydrogens (tertiary/aromatic N) is 2. The van der Waals surface area contributed by atoms with E-state index in [1.54, 1.807) is 11.8 Å². The number of para-hydroxylation sites is 2. The van der Waals surface area contributed by atoms with Crippen molar-refractivity contribution >= 4 is 29.1 Å². The molecule has 1 heterocycles. The lowest BCUT2D eigenvalue weighted by molar-refractivity contribution is -0.137. The second-order valence-electron chi connectivity index (χ2n) is 6.12. The number of fused-ring (bicyclic) bond motifs is 2. The van der Waals surface area contributed by atoms with Gasteiger partial charge in [-0.2, -0.15) is 0 Å². The molecule has 24 heavy (non-hydrogen) atoms. The molecular formula is C19H22N2O2S. The van der Waals surface area contributed by atoms with Gasteiger partial charge in [0.25, 0.3) is 0 Å². The molecule has 0 saturated carbocycles. The number of carbonyl (C=O) groups is 1. The van der Waals surface area contributed by atoms with Crippen molar-refractivity contribution in [3.63, 3.8) is 0 Å². The van der Waals surface area contributed by atoms with Crippen LogP contribution in [0.25, 0.3) is 0 Å². The van der Waals surface area contributed by atoms with E-state index in [9.17, 15) is 4.79 Å².